The molecule has 0 fully saturated rings. The SMILES string of the molecule is COC(=O)C(=Cc1cc[c]c(CN)c1)C(=O)OC. The first-order chi connectivity index (χ1) is 8.62. The van der Waals surface area contributed by atoms with Gasteiger partial charge in [0.15, 0.2) is 0 Å². The summed E-state index contributed by atoms with van der Waals surface area (Å²) in [4.78, 5) is 22.9. The van der Waals surface area contributed by atoms with Crippen molar-refractivity contribution in [2.45, 2.75) is 6.54 Å². The molecule has 1 aromatic rings. The van der Waals surface area contributed by atoms with E-state index in [0.717, 1.165) is 5.56 Å². The van der Waals surface area contributed by atoms with Crippen molar-refractivity contribution in [2.75, 3.05) is 14.2 Å². The third kappa shape index (κ3) is 3.43. The first-order valence-corrected chi connectivity index (χ1v) is 5.21. The number of rotatable bonds is 4. The molecular formula is C13H14NO4. The fraction of sp³-hybridized carbons (Fsp3) is 0.231. The minimum Gasteiger partial charge on any atom is -0.465 e. The number of hydrogen-bond donors (Lipinski definition) is 1. The molecule has 0 bridgehead atoms. The molecule has 1 radical (unpaired) electrons. The summed E-state index contributed by atoms with van der Waals surface area (Å²) in [5, 5.41) is 0. The van der Waals surface area contributed by atoms with Gasteiger partial charge in [-0.05, 0) is 29.3 Å². The lowest BCUT2D eigenvalue weighted by Gasteiger charge is -2.04. The van der Waals surface area contributed by atoms with Gasteiger partial charge in [-0.25, -0.2) is 9.59 Å². The van der Waals surface area contributed by atoms with Gasteiger partial charge in [0.1, 0.15) is 5.57 Å². The largest absolute Gasteiger partial charge is 0.465 e. The van der Waals surface area contributed by atoms with E-state index >= 15 is 0 Å². The van der Waals surface area contributed by atoms with Crippen LogP contribution in [0.4, 0.5) is 0 Å². The summed E-state index contributed by atoms with van der Waals surface area (Å²) < 4.78 is 9.05. The Hall–Kier alpha value is -2.14. The van der Waals surface area contributed by atoms with Crippen molar-refractivity contribution in [2.24, 2.45) is 5.73 Å². The van der Waals surface area contributed by atoms with Crippen LogP contribution in [0.25, 0.3) is 6.08 Å². The van der Waals surface area contributed by atoms with Crippen molar-refractivity contribution >= 4 is 18.0 Å². The maximum absolute atomic E-state index is 11.4. The van der Waals surface area contributed by atoms with Crippen molar-refractivity contribution < 1.29 is 19.1 Å². The normalized spacial score (nSPS) is 9.50. The van der Waals surface area contributed by atoms with Crippen LogP contribution in [-0.4, -0.2) is 26.2 Å². The average Bonchev–Trinajstić information content (AvgIpc) is 2.43. The highest BCUT2D eigenvalue weighted by atomic mass is 16.5. The van der Waals surface area contributed by atoms with Gasteiger partial charge in [-0.3, -0.25) is 0 Å². The molecule has 0 aromatic heterocycles. The predicted molar refractivity (Wildman–Crippen MR) is 65.2 cm³/mol. The molecule has 0 saturated carbocycles. The molecule has 0 aliphatic heterocycles. The Kier molecular flexibility index (Phi) is 5.07. The molecule has 0 saturated heterocycles. The topological polar surface area (TPSA) is 78.6 Å². The van der Waals surface area contributed by atoms with Gasteiger partial charge >= 0.3 is 11.9 Å². The van der Waals surface area contributed by atoms with E-state index < -0.39 is 11.9 Å². The molecule has 0 spiro atoms. The van der Waals surface area contributed by atoms with Crippen LogP contribution in [0.15, 0.2) is 23.8 Å². The molecule has 0 aliphatic rings. The van der Waals surface area contributed by atoms with E-state index in [9.17, 15) is 9.59 Å². The highest BCUT2D eigenvalue weighted by Gasteiger charge is 2.19. The van der Waals surface area contributed by atoms with Crippen LogP contribution < -0.4 is 5.73 Å². The van der Waals surface area contributed by atoms with Gasteiger partial charge in [0.2, 0.25) is 0 Å². The zero-order valence-corrected chi connectivity index (χ0v) is 10.2. The standard InChI is InChI=1S/C13H14NO4/c1-17-12(15)11(13(16)18-2)7-9-4-3-5-10(6-9)8-14/h3-4,6-7H,8,14H2,1-2H3. The lowest BCUT2D eigenvalue weighted by Crippen LogP contribution is -2.15. The van der Waals surface area contributed by atoms with Gasteiger partial charge in [-0.2, -0.15) is 0 Å². The first kappa shape index (κ1) is 13.9. The number of methoxy groups -OCH3 is 2. The van der Waals surface area contributed by atoms with Crippen LogP contribution in [0.3, 0.4) is 0 Å². The van der Waals surface area contributed by atoms with Gasteiger partial charge in [-0.1, -0.05) is 12.1 Å². The summed E-state index contributed by atoms with van der Waals surface area (Å²) >= 11 is 0. The zero-order chi connectivity index (χ0) is 13.5. The lowest BCUT2D eigenvalue weighted by atomic mass is 10.1. The number of carbonyl (C=O) groups excluding carboxylic acids is 2. The molecule has 1 aromatic carbocycles. The molecule has 18 heavy (non-hydrogen) atoms. The fourth-order valence-corrected chi connectivity index (χ4v) is 1.33. The van der Waals surface area contributed by atoms with Crippen molar-refractivity contribution in [1.29, 1.82) is 0 Å². The molecule has 1 rings (SSSR count). The number of benzene rings is 1. The Labute approximate surface area is 105 Å². The van der Waals surface area contributed by atoms with Gasteiger partial charge in [0, 0.05) is 6.54 Å². The zero-order valence-electron chi connectivity index (χ0n) is 10.2. The molecule has 0 amide bonds. The van der Waals surface area contributed by atoms with Crippen LogP contribution in [0.2, 0.25) is 0 Å². The van der Waals surface area contributed by atoms with Gasteiger partial charge in [0.05, 0.1) is 14.2 Å². The van der Waals surface area contributed by atoms with Crippen molar-refractivity contribution in [3.05, 3.63) is 41.0 Å². The fourth-order valence-electron chi connectivity index (χ4n) is 1.33. The van der Waals surface area contributed by atoms with E-state index in [0.29, 0.717) is 12.1 Å². The smallest absolute Gasteiger partial charge is 0.345 e. The Morgan fingerprint density at radius 1 is 1.33 bits per heavy atom. The number of hydrogen-bond acceptors (Lipinski definition) is 5. The van der Waals surface area contributed by atoms with Crippen LogP contribution in [0, 0.1) is 6.07 Å². The third-order valence-corrected chi connectivity index (χ3v) is 2.23. The summed E-state index contributed by atoms with van der Waals surface area (Å²) in [7, 11) is 2.40. The molecule has 0 unspecified atom stereocenters. The van der Waals surface area contributed by atoms with E-state index in [1.165, 1.54) is 20.3 Å². The molecule has 2 N–H and O–H groups in total. The van der Waals surface area contributed by atoms with E-state index in [1.54, 1.807) is 18.2 Å². The second-order valence-electron chi connectivity index (χ2n) is 3.39. The first-order valence-electron chi connectivity index (χ1n) is 5.21. The number of ether oxygens (including phenoxy) is 2. The summed E-state index contributed by atoms with van der Waals surface area (Å²) in [5.41, 5.74) is 6.74. The molecule has 5 heteroatoms. The van der Waals surface area contributed by atoms with Gasteiger partial charge in [-0.15, -0.1) is 0 Å². The van der Waals surface area contributed by atoms with Crippen LogP contribution in [0.5, 0.6) is 0 Å². The Morgan fingerprint density at radius 3 is 2.44 bits per heavy atom. The maximum atomic E-state index is 11.4. The van der Waals surface area contributed by atoms with E-state index in [2.05, 4.69) is 15.5 Å². The second-order valence-corrected chi connectivity index (χ2v) is 3.39. The Bertz CT molecular complexity index is 462. The summed E-state index contributed by atoms with van der Waals surface area (Å²) in [6.07, 6.45) is 1.39. The summed E-state index contributed by atoms with van der Waals surface area (Å²) in [5.74, 6) is -1.49. The second kappa shape index (κ2) is 6.56. The van der Waals surface area contributed by atoms with Crippen LogP contribution in [-0.2, 0) is 25.6 Å². The molecular weight excluding hydrogens is 234 g/mol. The van der Waals surface area contributed by atoms with Crippen molar-refractivity contribution in [3.8, 4) is 0 Å². The number of nitrogens with two attached hydrogens (primary N) is 1. The monoisotopic (exact) mass is 248 g/mol. The minimum atomic E-state index is -0.746. The molecule has 0 aliphatic carbocycles. The predicted octanol–water partition coefficient (Wildman–Crippen LogP) is 0.675. The molecule has 0 atom stereocenters. The van der Waals surface area contributed by atoms with Gasteiger partial charge < -0.3 is 15.2 Å². The maximum Gasteiger partial charge on any atom is 0.345 e. The minimum absolute atomic E-state index is 0.172. The van der Waals surface area contributed by atoms with E-state index in [4.69, 9.17) is 5.73 Å². The average molecular weight is 248 g/mol. The quantitative estimate of drug-likeness (QED) is 0.367. The Balaban J connectivity index is 3.14. The highest BCUT2D eigenvalue weighted by molar-refractivity contribution is 6.17. The van der Waals surface area contributed by atoms with Gasteiger partial charge in [0.25, 0.3) is 0 Å². The molecule has 0 heterocycles. The Morgan fingerprint density at radius 2 is 1.94 bits per heavy atom. The molecule has 5 nitrogen and oxygen atoms in total. The summed E-state index contributed by atoms with van der Waals surface area (Å²) in [6.45, 7) is 0.327. The molecule has 95 valence electrons. The number of esters is 2. The van der Waals surface area contributed by atoms with Crippen molar-refractivity contribution in [1.82, 2.24) is 0 Å². The van der Waals surface area contributed by atoms with E-state index in [-0.39, 0.29) is 5.57 Å². The van der Waals surface area contributed by atoms with Crippen LogP contribution >= 0.6 is 0 Å². The third-order valence-electron chi connectivity index (χ3n) is 2.23. The van der Waals surface area contributed by atoms with Crippen molar-refractivity contribution in [3.63, 3.8) is 0 Å². The number of carbonyl (C=O) groups is 2. The summed E-state index contributed by atoms with van der Waals surface area (Å²) in [6, 6.07) is 8.03. The van der Waals surface area contributed by atoms with E-state index in [1.807, 2.05) is 0 Å². The highest BCUT2D eigenvalue weighted by Crippen LogP contribution is 2.11. The lowest BCUT2D eigenvalue weighted by molar-refractivity contribution is -0.143. The van der Waals surface area contributed by atoms with Crippen LogP contribution in [0.1, 0.15) is 11.1 Å².